The van der Waals surface area contributed by atoms with Crippen LogP contribution in [-0.2, 0) is 133 Å². The molecular weight excluding hydrogens is 1140 g/mol. The number of hydrogen-bond acceptors (Lipinski definition) is 30. The number of ketones is 2. The van der Waals surface area contributed by atoms with Crippen LogP contribution < -0.4 is 0 Å². The van der Waals surface area contributed by atoms with Gasteiger partial charge in [-0.3, -0.25) is 57.5 Å². The number of rotatable bonds is 29. The average molecular weight is 1230 g/mol. The number of hydrogen-bond donors (Lipinski definition) is 0. The lowest BCUT2D eigenvalue weighted by Crippen LogP contribution is -2.15. The molecule has 0 spiro atoms. The number of Topliss-reactive ketones (excluding diaryl/α,β-unsaturated/α-hetero) is 2. The van der Waals surface area contributed by atoms with Crippen LogP contribution in [0.15, 0.2) is 0 Å². The van der Waals surface area contributed by atoms with Crippen molar-refractivity contribution in [3.63, 3.8) is 0 Å². The molecule has 0 fully saturated rings. The summed E-state index contributed by atoms with van der Waals surface area (Å²) >= 11 is 3.07. The smallest absolute Gasteiger partial charge is 0.344 e. The van der Waals surface area contributed by atoms with E-state index in [1.807, 2.05) is 27.0 Å². The van der Waals surface area contributed by atoms with E-state index in [9.17, 15) is 67.1 Å². The molecule has 0 aliphatic heterocycles. The highest BCUT2D eigenvalue weighted by Crippen LogP contribution is 1.98. The maximum atomic E-state index is 10.6. The molecule has 0 radical (unpaired) electrons. The van der Waals surface area contributed by atoms with Gasteiger partial charge in [0.2, 0.25) is 0 Å². The molecule has 0 atom stereocenters. The van der Waals surface area contributed by atoms with E-state index >= 15 is 0 Å². The lowest BCUT2D eigenvalue weighted by atomic mass is 10.2. The SMILES string of the molecule is CC(=O)COC(C)=O.CCOC(=O)CC(=O)CC.CCOC(=O)CC(=O)OC.CCOC(=O)CC(=O)OCC.CCOC(=O)COC(=O)CC.CCOC(=O)CSCC.CCOCC(=O)OCC.COCOC(C)=O.CSCOC(C)=O. The topological polar surface area (TPSA) is 368 Å². The highest BCUT2D eigenvalue weighted by atomic mass is 32.2. The van der Waals surface area contributed by atoms with Crippen LogP contribution in [0.1, 0.15) is 136 Å². The summed E-state index contributed by atoms with van der Waals surface area (Å²) < 4.78 is 62.9. The molecular formula is C52H94O28S2. The minimum atomic E-state index is -0.571. The maximum Gasteiger partial charge on any atom is 0.344 e. The van der Waals surface area contributed by atoms with Crippen molar-refractivity contribution in [1.82, 2.24) is 0 Å². The quantitative estimate of drug-likeness (QED) is 0.0407. The Hall–Kier alpha value is -6.40. The van der Waals surface area contributed by atoms with Gasteiger partial charge in [0.15, 0.2) is 19.2 Å². The van der Waals surface area contributed by atoms with Crippen molar-refractivity contribution >= 4 is 107 Å². The van der Waals surface area contributed by atoms with Gasteiger partial charge in [0.25, 0.3) is 0 Å². The van der Waals surface area contributed by atoms with Crippen LogP contribution in [-0.4, -0.2) is 201 Å². The Morgan fingerprint density at radius 3 is 1.01 bits per heavy atom. The van der Waals surface area contributed by atoms with Gasteiger partial charge in [-0.2, -0.15) is 11.8 Å². The zero-order chi connectivity index (χ0) is 65.5. The summed E-state index contributed by atoms with van der Waals surface area (Å²) in [5, 5.41) is 0. The number of carbonyl (C=O) groups excluding carboxylic acids is 14. The number of thioether (sulfide) groups is 2. The first-order chi connectivity index (χ1) is 38.6. The van der Waals surface area contributed by atoms with Crippen molar-refractivity contribution < 1.29 is 133 Å². The van der Waals surface area contributed by atoms with Crippen LogP contribution in [0.5, 0.6) is 0 Å². The molecule has 0 N–H and O–H groups in total. The summed E-state index contributed by atoms with van der Waals surface area (Å²) in [7, 11) is 2.69. The molecule has 0 aliphatic rings. The van der Waals surface area contributed by atoms with E-state index in [4.69, 9.17) is 4.74 Å². The number of esters is 12. The van der Waals surface area contributed by atoms with Crippen LogP contribution in [0.2, 0.25) is 0 Å². The molecule has 0 aromatic carbocycles. The fraction of sp³-hybridized carbons (Fsp3) is 0.731. The minimum absolute atomic E-state index is 0.0509. The van der Waals surface area contributed by atoms with Gasteiger partial charge < -0.3 is 66.3 Å². The molecule has 0 aliphatic carbocycles. The zero-order valence-electron chi connectivity index (χ0n) is 51.4. The van der Waals surface area contributed by atoms with Gasteiger partial charge in [0, 0.05) is 47.3 Å². The minimum Gasteiger partial charge on any atom is -0.469 e. The lowest BCUT2D eigenvalue weighted by Gasteiger charge is -2.01. The second-order valence-corrected chi connectivity index (χ2v) is 15.6. The summed E-state index contributed by atoms with van der Waals surface area (Å²) in [6.45, 7) is 27.4. The molecule has 82 heavy (non-hydrogen) atoms. The Morgan fingerprint density at radius 1 is 0.354 bits per heavy atom. The molecule has 0 saturated carbocycles. The Labute approximate surface area is 491 Å². The molecule has 0 amide bonds. The second-order valence-electron chi connectivity index (χ2n) is 13.5. The van der Waals surface area contributed by atoms with E-state index in [0.717, 1.165) is 5.75 Å². The third-order valence-corrected chi connectivity index (χ3v) is 7.61. The highest BCUT2D eigenvalue weighted by Gasteiger charge is 2.11. The van der Waals surface area contributed by atoms with Crippen molar-refractivity contribution in [2.45, 2.75) is 136 Å². The Morgan fingerprint density at radius 2 is 0.732 bits per heavy atom. The number of ether oxygens (including phenoxy) is 14. The summed E-state index contributed by atoms with van der Waals surface area (Å²) in [5.74, 6) is -3.14. The molecule has 0 aromatic rings. The van der Waals surface area contributed by atoms with E-state index in [1.54, 1.807) is 67.2 Å². The molecule has 0 rings (SSSR count). The fourth-order valence-corrected chi connectivity index (χ4v) is 3.89. The molecule has 0 heterocycles. The zero-order valence-corrected chi connectivity index (χ0v) is 53.0. The van der Waals surface area contributed by atoms with Crippen molar-refractivity contribution in [3.05, 3.63) is 0 Å². The van der Waals surface area contributed by atoms with Gasteiger partial charge in [-0.25, -0.2) is 9.59 Å². The van der Waals surface area contributed by atoms with E-state index in [1.165, 1.54) is 53.7 Å². The van der Waals surface area contributed by atoms with E-state index in [0.29, 0.717) is 51.1 Å². The average Bonchev–Trinajstić information content (AvgIpc) is 3.41. The van der Waals surface area contributed by atoms with E-state index < -0.39 is 47.8 Å². The van der Waals surface area contributed by atoms with Crippen LogP contribution in [0.3, 0.4) is 0 Å². The summed E-state index contributed by atoms with van der Waals surface area (Å²) in [6.07, 6.45) is 1.89. The fourth-order valence-electron chi connectivity index (χ4n) is 3.15. The Kier molecular flexibility index (Phi) is 91.2. The van der Waals surface area contributed by atoms with Crippen LogP contribution in [0.4, 0.5) is 0 Å². The van der Waals surface area contributed by atoms with Crippen LogP contribution in [0.25, 0.3) is 0 Å². The first kappa shape index (κ1) is 94.9. The molecule has 0 bridgehead atoms. The first-order valence-electron chi connectivity index (χ1n) is 25.5. The highest BCUT2D eigenvalue weighted by molar-refractivity contribution is 7.99. The number of methoxy groups -OCH3 is 2. The van der Waals surface area contributed by atoms with Gasteiger partial charge in [-0.15, -0.1) is 11.8 Å². The predicted octanol–water partition coefficient (Wildman–Crippen LogP) is 5.09. The molecule has 0 saturated heterocycles. The summed E-state index contributed by atoms with van der Waals surface area (Å²) in [6, 6.07) is 0. The van der Waals surface area contributed by atoms with Crippen molar-refractivity contribution in [1.29, 1.82) is 0 Å². The Bertz CT molecular complexity index is 1590. The van der Waals surface area contributed by atoms with E-state index in [-0.39, 0.29) is 108 Å². The maximum absolute atomic E-state index is 10.6. The van der Waals surface area contributed by atoms with Gasteiger partial charge in [0.05, 0.1) is 59.1 Å². The predicted molar refractivity (Wildman–Crippen MR) is 299 cm³/mol. The van der Waals surface area contributed by atoms with Crippen LogP contribution >= 0.6 is 23.5 Å². The van der Waals surface area contributed by atoms with Crippen LogP contribution in [0, 0.1) is 0 Å². The molecule has 482 valence electrons. The second kappa shape index (κ2) is 78.8. The largest absolute Gasteiger partial charge is 0.469 e. The molecule has 0 unspecified atom stereocenters. The van der Waals surface area contributed by atoms with Crippen molar-refractivity contribution in [2.24, 2.45) is 0 Å². The van der Waals surface area contributed by atoms with Crippen molar-refractivity contribution in [2.75, 3.05) is 117 Å². The third-order valence-electron chi connectivity index (χ3n) is 6.40. The first-order valence-corrected chi connectivity index (χ1v) is 28.0. The van der Waals surface area contributed by atoms with Gasteiger partial charge in [-0.1, -0.05) is 20.8 Å². The Balaban J connectivity index is -0.000000105. The van der Waals surface area contributed by atoms with Gasteiger partial charge in [0.1, 0.15) is 44.2 Å². The lowest BCUT2D eigenvalue weighted by molar-refractivity contribution is -0.158. The normalized spacial score (nSPS) is 8.76. The number of carbonyl (C=O) groups is 14. The standard InChI is InChI=1S/2C7H12O4.C7H12O3.C6H10O4.C6H12O3.C6H12O2S.C5H8O3.C4H8O3.C4H8O2S/c1-3-10-6(8)5-7(9)11-4-2;1-3-6(8)11-5-7(9)10-4-2;1-3-6(8)5-7(9)10-4-2;1-3-10-6(8)4-5(7)9-2;1-3-8-5-6(7)9-4-2;1-3-8-6(7)5-9-4-2;1-4(6)3-8-5(2)7;1-4(5)7-3-6-2;1-4(5)6-3-7-2/h2*3-5H2,1-2H3;3-5H2,1-2H3;3-4H2,1-2H3;2*3-5H2,1-2H3;3H2,1-2H3;2*3H2,1-2H3. The summed E-state index contributed by atoms with van der Waals surface area (Å²) in [5.41, 5.74) is 0. The molecule has 30 heteroatoms. The monoisotopic (exact) mass is 1230 g/mol. The molecule has 0 aromatic heterocycles. The van der Waals surface area contributed by atoms with Gasteiger partial charge >= 0.3 is 71.6 Å². The van der Waals surface area contributed by atoms with Crippen molar-refractivity contribution in [3.8, 4) is 0 Å². The van der Waals surface area contributed by atoms with Gasteiger partial charge in [-0.05, 0) is 74.3 Å². The van der Waals surface area contributed by atoms with E-state index in [2.05, 4.69) is 61.6 Å². The third kappa shape index (κ3) is 113. The molecule has 28 nitrogen and oxygen atoms in total. The summed E-state index contributed by atoms with van der Waals surface area (Å²) in [4.78, 5) is 145.